The van der Waals surface area contributed by atoms with E-state index < -0.39 is 15.5 Å². The predicted octanol–water partition coefficient (Wildman–Crippen LogP) is 6.22. The monoisotopic (exact) mass is 405 g/mol. The Kier molecular flexibility index (Phi) is 4.70. The average molecular weight is 407 g/mol. The summed E-state index contributed by atoms with van der Waals surface area (Å²) in [4.78, 5) is 8.34. The van der Waals surface area contributed by atoms with Crippen LogP contribution in [0.3, 0.4) is 0 Å². The van der Waals surface area contributed by atoms with Crippen molar-refractivity contribution in [3.63, 3.8) is 0 Å². The van der Waals surface area contributed by atoms with Gasteiger partial charge in [0.2, 0.25) is 3.79 Å². The van der Waals surface area contributed by atoms with Crippen molar-refractivity contribution >= 4 is 57.2 Å². The molecule has 0 radical (unpaired) electrons. The molecule has 1 heterocycles. The number of fused-ring (bicyclic) bond motifs is 1. The number of hydrogen-bond acceptors (Lipinski definition) is 3. The molecule has 0 spiro atoms. The molecule has 3 rings (SSSR count). The molecule has 9 heteroatoms. The Hall–Kier alpha value is -1.76. The van der Waals surface area contributed by atoms with Crippen molar-refractivity contribution in [2.45, 2.75) is 9.97 Å². The molecule has 0 aliphatic carbocycles. The SMILES string of the molecule is FC(F)(F)c1cccc(Nc2nc(C(Cl)(Cl)Cl)nc3ccccc23)c1. The van der Waals surface area contributed by atoms with Crippen LogP contribution in [0.2, 0.25) is 0 Å². The first-order valence-corrected chi connectivity index (χ1v) is 8.06. The number of alkyl halides is 6. The van der Waals surface area contributed by atoms with Gasteiger partial charge in [0.15, 0.2) is 5.82 Å². The lowest BCUT2D eigenvalue weighted by Crippen LogP contribution is -2.10. The first kappa shape index (κ1) is 18.0. The third-order valence-electron chi connectivity index (χ3n) is 3.31. The average Bonchev–Trinajstić information content (AvgIpc) is 2.53. The molecule has 0 saturated heterocycles. The normalized spacial score (nSPS) is 12.4. The Morgan fingerprint density at radius 2 is 1.60 bits per heavy atom. The number of halogens is 6. The molecule has 3 aromatic rings. The van der Waals surface area contributed by atoms with E-state index in [0.717, 1.165) is 12.1 Å². The van der Waals surface area contributed by atoms with Gasteiger partial charge < -0.3 is 5.32 Å². The number of nitrogens with one attached hydrogen (secondary N) is 1. The van der Waals surface area contributed by atoms with Crippen LogP contribution >= 0.6 is 34.8 Å². The largest absolute Gasteiger partial charge is 0.416 e. The summed E-state index contributed by atoms with van der Waals surface area (Å²) < 4.78 is 36.8. The molecule has 2 aromatic carbocycles. The Balaban J connectivity index is 2.09. The van der Waals surface area contributed by atoms with Gasteiger partial charge in [0.05, 0.1) is 11.1 Å². The number of benzene rings is 2. The second kappa shape index (κ2) is 6.52. The van der Waals surface area contributed by atoms with Gasteiger partial charge in [0.25, 0.3) is 0 Å². The smallest absolute Gasteiger partial charge is 0.340 e. The summed E-state index contributed by atoms with van der Waals surface area (Å²) in [5.74, 6) is 0.164. The van der Waals surface area contributed by atoms with Crippen LogP contribution < -0.4 is 5.32 Å². The topological polar surface area (TPSA) is 37.8 Å². The van der Waals surface area contributed by atoms with Crippen LogP contribution in [0, 0.1) is 0 Å². The highest BCUT2D eigenvalue weighted by Crippen LogP contribution is 2.38. The molecule has 0 atom stereocenters. The maximum absolute atomic E-state index is 12.9. The molecule has 1 aromatic heterocycles. The summed E-state index contributed by atoms with van der Waals surface area (Å²) in [5, 5.41) is 3.43. The van der Waals surface area contributed by atoms with Crippen LogP contribution in [0.4, 0.5) is 24.7 Å². The highest BCUT2D eigenvalue weighted by Gasteiger charge is 2.31. The summed E-state index contributed by atoms with van der Waals surface area (Å²) in [6.07, 6.45) is -4.45. The van der Waals surface area contributed by atoms with Crippen LogP contribution in [0.1, 0.15) is 11.4 Å². The highest BCUT2D eigenvalue weighted by atomic mass is 35.6. The zero-order chi connectivity index (χ0) is 18.2. The molecule has 130 valence electrons. The number of rotatable bonds is 2. The molecule has 0 aliphatic heterocycles. The lowest BCUT2D eigenvalue weighted by Gasteiger charge is -2.15. The van der Waals surface area contributed by atoms with Gasteiger partial charge in [0, 0.05) is 11.1 Å². The molecule has 1 N–H and O–H groups in total. The summed E-state index contributed by atoms with van der Waals surface area (Å²) in [5.41, 5.74) is -0.0836. The predicted molar refractivity (Wildman–Crippen MR) is 93.5 cm³/mol. The van der Waals surface area contributed by atoms with Crippen LogP contribution in [-0.4, -0.2) is 9.97 Å². The lowest BCUT2D eigenvalue weighted by molar-refractivity contribution is -0.137. The summed E-state index contributed by atoms with van der Waals surface area (Å²) in [7, 11) is 0. The van der Waals surface area contributed by atoms with E-state index in [0.29, 0.717) is 10.9 Å². The maximum Gasteiger partial charge on any atom is 0.416 e. The first-order valence-electron chi connectivity index (χ1n) is 6.93. The molecule has 0 bridgehead atoms. The van der Waals surface area contributed by atoms with E-state index in [4.69, 9.17) is 34.8 Å². The fraction of sp³-hybridized carbons (Fsp3) is 0.125. The van der Waals surface area contributed by atoms with E-state index in [2.05, 4.69) is 15.3 Å². The second-order valence-corrected chi connectivity index (χ2v) is 7.40. The molecule has 0 fully saturated rings. The van der Waals surface area contributed by atoms with E-state index >= 15 is 0 Å². The minimum absolute atomic E-state index is 0.0781. The van der Waals surface area contributed by atoms with Crippen molar-refractivity contribution in [2.24, 2.45) is 0 Å². The van der Waals surface area contributed by atoms with Crippen molar-refractivity contribution in [2.75, 3.05) is 5.32 Å². The summed E-state index contributed by atoms with van der Waals surface area (Å²) in [6, 6.07) is 11.6. The van der Waals surface area contributed by atoms with Gasteiger partial charge in [-0.05, 0) is 30.3 Å². The minimum Gasteiger partial charge on any atom is -0.340 e. The van der Waals surface area contributed by atoms with Gasteiger partial charge in [-0.1, -0.05) is 53.0 Å². The number of aromatic nitrogens is 2. The van der Waals surface area contributed by atoms with Crippen molar-refractivity contribution in [3.05, 3.63) is 59.9 Å². The Morgan fingerprint density at radius 1 is 0.880 bits per heavy atom. The van der Waals surface area contributed by atoms with E-state index in [1.165, 1.54) is 12.1 Å². The van der Waals surface area contributed by atoms with Gasteiger partial charge in [0.1, 0.15) is 5.82 Å². The third-order valence-corrected chi connectivity index (χ3v) is 3.82. The third kappa shape index (κ3) is 4.08. The molecular weight excluding hydrogens is 398 g/mol. The standard InChI is InChI=1S/C16H9Cl3F3N3/c17-15(18,19)14-24-12-7-2-1-6-11(12)13(25-14)23-10-5-3-4-9(8-10)16(20,21)22/h1-8H,(H,23,24,25). The van der Waals surface area contributed by atoms with Gasteiger partial charge in [-0.2, -0.15) is 13.2 Å². The van der Waals surface area contributed by atoms with Crippen LogP contribution in [0.15, 0.2) is 48.5 Å². The Morgan fingerprint density at radius 3 is 2.28 bits per heavy atom. The maximum atomic E-state index is 12.9. The van der Waals surface area contributed by atoms with Gasteiger partial charge >= 0.3 is 6.18 Å². The molecule has 0 amide bonds. The van der Waals surface area contributed by atoms with Crippen molar-refractivity contribution in [3.8, 4) is 0 Å². The van der Waals surface area contributed by atoms with Gasteiger partial charge in [-0.3, -0.25) is 0 Å². The Bertz CT molecular complexity index is 924. The second-order valence-electron chi connectivity index (χ2n) is 5.11. The van der Waals surface area contributed by atoms with Gasteiger partial charge in [-0.15, -0.1) is 0 Å². The Labute approximate surface area is 155 Å². The zero-order valence-corrected chi connectivity index (χ0v) is 14.5. The zero-order valence-electron chi connectivity index (χ0n) is 12.3. The van der Waals surface area contributed by atoms with Crippen LogP contribution in [0.5, 0.6) is 0 Å². The fourth-order valence-electron chi connectivity index (χ4n) is 2.21. The number of hydrogen-bond donors (Lipinski definition) is 1. The van der Waals surface area contributed by atoms with E-state index in [1.54, 1.807) is 24.3 Å². The van der Waals surface area contributed by atoms with Gasteiger partial charge in [-0.25, -0.2) is 9.97 Å². The molecule has 25 heavy (non-hydrogen) atoms. The quantitative estimate of drug-likeness (QED) is 0.513. The highest BCUT2D eigenvalue weighted by molar-refractivity contribution is 6.66. The molecule has 0 aliphatic rings. The number of nitrogens with zero attached hydrogens (tertiary/aromatic N) is 2. The molecule has 0 unspecified atom stereocenters. The fourth-order valence-corrected chi connectivity index (χ4v) is 2.46. The van der Waals surface area contributed by atoms with Crippen molar-refractivity contribution in [1.82, 2.24) is 9.97 Å². The van der Waals surface area contributed by atoms with Crippen molar-refractivity contribution < 1.29 is 13.2 Å². The summed E-state index contributed by atoms with van der Waals surface area (Å²) in [6.45, 7) is 0. The number of anilines is 2. The molecular formula is C16H9Cl3F3N3. The van der Waals surface area contributed by atoms with E-state index in [-0.39, 0.29) is 17.3 Å². The van der Waals surface area contributed by atoms with Crippen LogP contribution in [0.25, 0.3) is 10.9 Å². The van der Waals surface area contributed by atoms with E-state index in [9.17, 15) is 13.2 Å². The first-order chi connectivity index (χ1) is 11.6. The van der Waals surface area contributed by atoms with E-state index in [1.807, 2.05) is 0 Å². The van der Waals surface area contributed by atoms with Crippen molar-refractivity contribution in [1.29, 1.82) is 0 Å². The summed E-state index contributed by atoms with van der Waals surface area (Å²) >= 11 is 17.5. The number of para-hydroxylation sites is 1. The molecule has 0 saturated carbocycles. The molecule has 3 nitrogen and oxygen atoms in total. The minimum atomic E-state index is -4.45. The lowest BCUT2D eigenvalue weighted by atomic mass is 10.2. The van der Waals surface area contributed by atoms with Crippen LogP contribution in [-0.2, 0) is 9.97 Å².